The molecule has 28 heavy (non-hydrogen) atoms. The molecule has 0 aliphatic heterocycles. The zero-order valence-corrected chi connectivity index (χ0v) is 15.4. The first-order valence-electron chi connectivity index (χ1n) is 8.78. The molecule has 1 atom stereocenters. The highest BCUT2D eigenvalue weighted by atomic mass is 16.5. The van der Waals surface area contributed by atoms with Crippen LogP contribution in [0.3, 0.4) is 0 Å². The molecular weight excluding hydrogens is 356 g/mol. The van der Waals surface area contributed by atoms with E-state index in [1.807, 2.05) is 31.2 Å². The van der Waals surface area contributed by atoms with E-state index >= 15 is 0 Å². The second kappa shape index (κ2) is 7.43. The van der Waals surface area contributed by atoms with Gasteiger partial charge in [-0.25, -0.2) is 9.67 Å². The number of amides is 1. The van der Waals surface area contributed by atoms with Crippen LogP contribution in [0.2, 0.25) is 0 Å². The zero-order chi connectivity index (χ0) is 19.5. The number of nitrogens with one attached hydrogen (secondary N) is 1. The second-order valence-corrected chi connectivity index (χ2v) is 6.38. The molecule has 0 radical (unpaired) electrons. The Balaban J connectivity index is 1.45. The maximum Gasteiger partial charge on any atom is 0.253 e. The maximum absolute atomic E-state index is 12.5. The van der Waals surface area contributed by atoms with E-state index in [9.17, 15) is 4.79 Å². The molecule has 1 amide bonds. The lowest BCUT2D eigenvalue weighted by molar-refractivity contribution is 0.0932. The van der Waals surface area contributed by atoms with Gasteiger partial charge in [-0.05, 0) is 38.1 Å². The molecule has 1 unspecified atom stereocenters. The minimum absolute atomic E-state index is 0.276. The van der Waals surface area contributed by atoms with Crippen LogP contribution < -0.4 is 5.32 Å². The van der Waals surface area contributed by atoms with Crippen molar-refractivity contribution in [1.29, 1.82) is 0 Å². The molecule has 0 spiro atoms. The van der Waals surface area contributed by atoms with Crippen LogP contribution in [0.5, 0.6) is 0 Å². The Bertz CT molecular complexity index is 1090. The van der Waals surface area contributed by atoms with Gasteiger partial charge in [-0.15, -0.1) is 0 Å². The van der Waals surface area contributed by atoms with Crippen molar-refractivity contribution in [2.75, 3.05) is 0 Å². The number of nitrogens with zero attached hydrogens (tertiary/aromatic N) is 5. The van der Waals surface area contributed by atoms with Gasteiger partial charge >= 0.3 is 0 Å². The molecule has 0 saturated carbocycles. The molecule has 3 aromatic heterocycles. The Morgan fingerprint density at radius 3 is 2.82 bits per heavy atom. The average molecular weight is 374 g/mol. The number of pyridine rings is 1. The molecule has 0 aliphatic rings. The van der Waals surface area contributed by atoms with E-state index in [-0.39, 0.29) is 5.91 Å². The van der Waals surface area contributed by atoms with Crippen molar-refractivity contribution in [2.24, 2.45) is 0 Å². The van der Waals surface area contributed by atoms with Crippen molar-refractivity contribution in [3.63, 3.8) is 0 Å². The monoisotopic (exact) mass is 374 g/mol. The van der Waals surface area contributed by atoms with E-state index in [0.29, 0.717) is 23.1 Å². The van der Waals surface area contributed by atoms with E-state index < -0.39 is 6.04 Å². The van der Waals surface area contributed by atoms with Gasteiger partial charge in [-0.2, -0.15) is 10.1 Å². The summed E-state index contributed by atoms with van der Waals surface area (Å²) in [4.78, 5) is 21.1. The van der Waals surface area contributed by atoms with Crippen LogP contribution in [-0.2, 0) is 0 Å². The number of aryl methyl sites for hydroxylation is 1. The molecule has 0 fully saturated rings. The molecule has 0 saturated heterocycles. The Morgan fingerprint density at radius 2 is 2.11 bits per heavy atom. The normalized spacial score (nSPS) is 11.9. The van der Waals surface area contributed by atoms with Crippen LogP contribution in [0.1, 0.15) is 34.8 Å². The molecule has 8 heteroatoms. The molecule has 1 aromatic carbocycles. The Kier molecular flexibility index (Phi) is 4.67. The van der Waals surface area contributed by atoms with Crippen LogP contribution in [0.25, 0.3) is 17.2 Å². The fraction of sp³-hybridized carbons (Fsp3) is 0.150. The summed E-state index contributed by atoms with van der Waals surface area (Å²) in [6.45, 7) is 3.79. The molecule has 4 rings (SSSR count). The van der Waals surface area contributed by atoms with Crippen molar-refractivity contribution in [2.45, 2.75) is 19.9 Å². The first-order chi connectivity index (χ1) is 13.6. The fourth-order valence-corrected chi connectivity index (χ4v) is 2.71. The van der Waals surface area contributed by atoms with E-state index in [0.717, 1.165) is 11.1 Å². The highest BCUT2D eigenvalue weighted by molar-refractivity contribution is 5.94. The molecular formula is C20H18N6O2. The molecule has 1 N–H and O–H groups in total. The molecule has 0 bridgehead atoms. The van der Waals surface area contributed by atoms with Crippen LogP contribution in [0, 0.1) is 6.92 Å². The average Bonchev–Trinajstić information content (AvgIpc) is 3.40. The van der Waals surface area contributed by atoms with E-state index in [4.69, 9.17) is 4.52 Å². The summed E-state index contributed by atoms with van der Waals surface area (Å²) < 4.78 is 6.94. The summed E-state index contributed by atoms with van der Waals surface area (Å²) in [6, 6.07) is 12.6. The third-order valence-electron chi connectivity index (χ3n) is 4.19. The largest absolute Gasteiger partial charge is 0.340 e. The SMILES string of the molecule is Cc1cccc(-c2noc(C(C)NC(=O)c3ccc(-n4cccn4)nc3)n2)c1. The van der Waals surface area contributed by atoms with Crippen molar-refractivity contribution in [3.05, 3.63) is 78.1 Å². The maximum atomic E-state index is 12.5. The molecule has 140 valence electrons. The lowest BCUT2D eigenvalue weighted by Crippen LogP contribution is -2.27. The second-order valence-electron chi connectivity index (χ2n) is 6.38. The molecule has 0 aliphatic carbocycles. The van der Waals surface area contributed by atoms with Gasteiger partial charge < -0.3 is 9.84 Å². The van der Waals surface area contributed by atoms with Gasteiger partial charge in [0, 0.05) is 24.2 Å². The fourth-order valence-electron chi connectivity index (χ4n) is 2.71. The predicted molar refractivity (Wildman–Crippen MR) is 102 cm³/mol. The van der Waals surface area contributed by atoms with Crippen molar-refractivity contribution in [1.82, 2.24) is 30.2 Å². The minimum Gasteiger partial charge on any atom is -0.340 e. The number of hydrogen-bond acceptors (Lipinski definition) is 6. The standard InChI is InChI=1S/C20H18N6O2/c1-13-5-3-6-15(11-13)18-24-20(28-25-18)14(2)23-19(27)16-7-8-17(21-12-16)26-10-4-9-22-26/h3-12,14H,1-2H3,(H,23,27). The van der Waals surface area contributed by atoms with E-state index in [1.165, 1.54) is 6.20 Å². The molecule has 8 nitrogen and oxygen atoms in total. The quantitative estimate of drug-likeness (QED) is 0.576. The van der Waals surface area contributed by atoms with Gasteiger partial charge in [0.15, 0.2) is 5.82 Å². The summed E-state index contributed by atoms with van der Waals surface area (Å²) in [5.41, 5.74) is 2.41. The summed E-state index contributed by atoms with van der Waals surface area (Å²) >= 11 is 0. The summed E-state index contributed by atoms with van der Waals surface area (Å²) in [5.74, 6) is 1.19. The highest BCUT2D eigenvalue weighted by Gasteiger charge is 2.18. The smallest absolute Gasteiger partial charge is 0.253 e. The van der Waals surface area contributed by atoms with Gasteiger partial charge in [0.05, 0.1) is 5.56 Å². The van der Waals surface area contributed by atoms with Gasteiger partial charge in [-0.3, -0.25) is 4.79 Å². The third-order valence-corrected chi connectivity index (χ3v) is 4.19. The molecule has 3 heterocycles. The number of benzene rings is 1. The predicted octanol–water partition coefficient (Wildman–Crippen LogP) is 3.12. The van der Waals surface area contributed by atoms with Gasteiger partial charge in [0.2, 0.25) is 11.7 Å². The Hall–Kier alpha value is -3.81. The number of aromatic nitrogens is 5. The Morgan fingerprint density at radius 1 is 1.21 bits per heavy atom. The van der Waals surface area contributed by atoms with Crippen LogP contribution in [0.4, 0.5) is 0 Å². The van der Waals surface area contributed by atoms with Crippen LogP contribution in [0.15, 0.2) is 65.6 Å². The number of carbonyl (C=O) groups is 1. The summed E-state index contributed by atoms with van der Waals surface area (Å²) in [7, 11) is 0. The van der Waals surface area contributed by atoms with Crippen molar-refractivity contribution in [3.8, 4) is 17.2 Å². The van der Waals surface area contributed by atoms with Crippen molar-refractivity contribution < 1.29 is 9.32 Å². The van der Waals surface area contributed by atoms with Gasteiger partial charge in [0.1, 0.15) is 6.04 Å². The third kappa shape index (κ3) is 3.66. The first kappa shape index (κ1) is 17.6. The van der Waals surface area contributed by atoms with Crippen molar-refractivity contribution >= 4 is 5.91 Å². The lowest BCUT2D eigenvalue weighted by atomic mass is 10.1. The van der Waals surface area contributed by atoms with Crippen LogP contribution >= 0.6 is 0 Å². The van der Waals surface area contributed by atoms with Gasteiger partial charge in [-0.1, -0.05) is 28.9 Å². The highest BCUT2D eigenvalue weighted by Crippen LogP contribution is 2.20. The Labute approximate surface area is 161 Å². The summed E-state index contributed by atoms with van der Waals surface area (Å²) in [6.07, 6.45) is 4.95. The zero-order valence-electron chi connectivity index (χ0n) is 15.4. The number of rotatable bonds is 5. The van der Waals surface area contributed by atoms with E-state index in [1.54, 1.807) is 42.2 Å². The van der Waals surface area contributed by atoms with E-state index in [2.05, 4.69) is 25.5 Å². The number of carbonyl (C=O) groups excluding carboxylic acids is 1. The first-order valence-corrected chi connectivity index (χ1v) is 8.78. The van der Waals surface area contributed by atoms with Gasteiger partial charge in [0.25, 0.3) is 5.91 Å². The number of hydrogen-bond donors (Lipinski definition) is 1. The topological polar surface area (TPSA) is 98.7 Å². The molecule has 4 aromatic rings. The lowest BCUT2D eigenvalue weighted by Gasteiger charge is -2.09. The van der Waals surface area contributed by atoms with Crippen LogP contribution in [-0.4, -0.2) is 30.8 Å². The summed E-state index contributed by atoms with van der Waals surface area (Å²) in [5, 5.41) is 11.0. The minimum atomic E-state index is -0.440.